The maximum atomic E-state index is 2.43. The molecule has 0 aliphatic heterocycles. The number of hydrogen-bond acceptors (Lipinski definition) is 1. The van der Waals surface area contributed by atoms with Gasteiger partial charge in [0.05, 0.1) is 0 Å². The molecule has 0 N–H and O–H groups in total. The van der Waals surface area contributed by atoms with Crippen molar-refractivity contribution in [3.63, 3.8) is 0 Å². The second-order valence-corrected chi connectivity index (χ2v) is 14.0. The van der Waals surface area contributed by atoms with E-state index in [0.717, 1.165) is 17.1 Å². The average molecular weight is 666 g/mol. The number of nitrogens with zero attached hydrogens (tertiary/aromatic N) is 1. The minimum Gasteiger partial charge on any atom is -0.310 e. The normalized spacial score (nSPS) is 11.4. The van der Waals surface area contributed by atoms with Gasteiger partial charge in [-0.1, -0.05) is 145 Å². The summed E-state index contributed by atoms with van der Waals surface area (Å²) < 4.78 is 0. The Morgan fingerprint density at radius 1 is 0.308 bits per heavy atom. The Kier molecular flexibility index (Phi) is 7.90. The van der Waals surface area contributed by atoms with Gasteiger partial charge in [0.2, 0.25) is 0 Å². The highest BCUT2D eigenvalue weighted by Gasteiger charge is 2.23. The van der Waals surface area contributed by atoms with Crippen LogP contribution in [0.15, 0.2) is 182 Å². The number of rotatable bonds is 6. The van der Waals surface area contributed by atoms with Crippen LogP contribution < -0.4 is 4.90 Å². The molecule has 9 aromatic carbocycles. The molecule has 0 fully saturated rings. The SMILES string of the molecule is Cc1ccc(N(c2cc(C)cc(C)c2)c2ccc3c(c2)c2ccccc2c2c(-c4ccccc4)cc(-c4ccccc4)c(-c4ccccc4)c32)cc1. The van der Waals surface area contributed by atoms with E-state index in [9.17, 15) is 0 Å². The van der Waals surface area contributed by atoms with Gasteiger partial charge in [0, 0.05) is 17.1 Å². The van der Waals surface area contributed by atoms with Gasteiger partial charge in [-0.15, -0.1) is 0 Å². The lowest BCUT2D eigenvalue weighted by molar-refractivity contribution is 1.25. The molecule has 0 aliphatic rings. The molecule has 0 aromatic heterocycles. The lowest BCUT2D eigenvalue weighted by Crippen LogP contribution is -2.10. The zero-order valence-corrected chi connectivity index (χ0v) is 29.8. The third-order valence-corrected chi connectivity index (χ3v) is 10.3. The van der Waals surface area contributed by atoms with Crippen LogP contribution in [0.2, 0.25) is 0 Å². The summed E-state index contributed by atoms with van der Waals surface area (Å²) in [5.74, 6) is 0. The largest absolute Gasteiger partial charge is 0.310 e. The minimum absolute atomic E-state index is 1.13. The molecule has 1 nitrogen and oxygen atoms in total. The summed E-state index contributed by atoms with van der Waals surface area (Å²) in [6, 6.07) is 67.0. The Balaban J connectivity index is 1.45. The summed E-state index contributed by atoms with van der Waals surface area (Å²) in [6.07, 6.45) is 0. The number of hydrogen-bond donors (Lipinski definition) is 0. The van der Waals surface area contributed by atoms with Crippen molar-refractivity contribution in [3.8, 4) is 33.4 Å². The molecule has 248 valence electrons. The van der Waals surface area contributed by atoms with Crippen LogP contribution >= 0.6 is 0 Å². The second-order valence-electron chi connectivity index (χ2n) is 14.0. The minimum atomic E-state index is 1.13. The molecule has 0 heterocycles. The molecule has 0 atom stereocenters. The van der Waals surface area contributed by atoms with Crippen molar-refractivity contribution in [1.29, 1.82) is 0 Å². The van der Waals surface area contributed by atoms with E-state index in [0.29, 0.717) is 0 Å². The molecule has 1 heteroatoms. The molecule has 0 spiro atoms. The van der Waals surface area contributed by atoms with E-state index in [-0.39, 0.29) is 0 Å². The first kappa shape index (κ1) is 31.5. The summed E-state index contributed by atoms with van der Waals surface area (Å²) >= 11 is 0. The van der Waals surface area contributed by atoms with E-state index < -0.39 is 0 Å². The van der Waals surface area contributed by atoms with Gasteiger partial charge in [0.15, 0.2) is 0 Å². The van der Waals surface area contributed by atoms with Crippen molar-refractivity contribution in [1.82, 2.24) is 0 Å². The van der Waals surface area contributed by atoms with Gasteiger partial charge in [-0.3, -0.25) is 0 Å². The molecule has 52 heavy (non-hydrogen) atoms. The zero-order chi connectivity index (χ0) is 35.2. The van der Waals surface area contributed by atoms with Gasteiger partial charge in [0.1, 0.15) is 0 Å². The molecule has 0 bridgehead atoms. The second kappa shape index (κ2) is 13.0. The first-order valence-corrected chi connectivity index (χ1v) is 18.1. The summed E-state index contributed by atoms with van der Waals surface area (Å²) in [5, 5.41) is 7.55. The van der Waals surface area contributed by atoms with E-state index in [2.05, 4.69) is 208 Å². The molecule has 0 aliphatic carbocycles. The fourth-order valence-electron chi connectivity index (χ4n) is 8.10. The zero-order valence-electron chi connectivity index (χ0n) is 29.8. The van der Waals surface area contributed by atoms with Crippen molar-refractivity contribution in [3.05, 3.63) is 199 Å². The summed E-state index contributed by atoms with van der Waals surface area (Å²) in [4.78, 5) is 2.41. The Morgan fingerprint density at radius 2 is 0.827 bits per heavy atom. The van der Waals surface area contributed by atoms with Crippen molar-refractivity contribution < 1.29 is 0 Å². The highest BCUT2D eigenvalue weighted by atomic mass is 15.1. The van der Waals surface area contributed by atoms with Crippen LogP contribution in [0, 0.1) is 20.8 Å². The highest BCUT2D eigenvalue weighted by Crippen LogP contribution is 2.50. The number of aryl methyl sites for hydroxylation is 3. The van der Waals surface area contributed by atoms with Crippen LogP contribution in [0.5, 0.6) is 0 Å². The lowest BCUT2D eigenvalue weighted by atomic mass is 9.81. The molecule has 0 saturated heterocycles. The first-order valence-electron chi connectivity index (χ1n) is 18.1. The van der Waals surface area contributed by atoms with E-state index in [1.807, 2.05) is 0 Å². The van der Waals surface area contributed by atoms with Gasteiger partial charge in [-0.05, 0) is 140 Å². The van der Waals surface area contributed by atoms with Gasteiger partial charge >= 0.3 is 0 Å². The van der Waals surface area contributed by atoms with Crippen molar-refractivity contribution in [2.24, 2.45) is 0 Å². The van der Waals surface area contributed by atoms with Crippen LogP contribution in [0.1, 0.15) is 16.7 Å². The van der Waals surface area contributed by atoms with E-state index in [4.69, 9.17) is 0 Å². The van der Waals surface area contributed by atoms with Gasteiger partial charge in [-0.2, -0.15) is 0 Å². The molecular formula is C51H39N. The maximum absolute atomic E-state index is 2.43. The number of benzene rings is 9. The molecule has 0 unspecified atom stereocenters. The number of fused-ring (bicyclic) bond motifs is 6. The van der Waals surface area contributed by atoms with Crippen LogP contribution in [0.3, 0.4) is 0 Å². The maximum Gasteiger partial charge on any atom is 0.0468 e. The predicted molar refractivity (Wildman–Crippen MR) is 224 cm³/mol. The first-order chi connectivity index (χ1) is 25.5. The average Bonchev–Trinajstić information content (AvgIpc) is 3.19. The van der Waals surface area contributed by atoms with Gasteiger partial charge < -0.3 is 4.90 Å². The smallest absolute Gasteiger partial charge is 0.0468 e. The highest BCUT2D eigenvalue weighted by molar-refractivity contribution is 6.33. The summed E-state index contributed by atoms with van der Waals surface area (Å²) in [6.45, 7) is 6.52. The van der Waals surface area contributed by atoms with Crippen molar-refractivity contribution in [2.75, 3.05) is 4.90 Å². The van der Waals surface area contributed by atoms with Crippen molar-refractivity contribution in [2.45, 2.75) is 20.8 Å². The van der Waals surface area contributed by atoms with Crippen molar-refractivity contribution >= 4 is 49.4 Å². The predicted octanol–water partition coefficient (Wildman–Crippen LogP) is 14.5. The van der Waals surface area contributed by atoms with Gasteiger partial charge in [-0.25, -0.2) is 0 Å². The third kappa shape index (κ3) is 5.52. The Morgan fingerprint density at radius 3 is 1.46 bits per heavy atom. The summed E-state index contributed by atoms with van der Waals surface area (Å²) in [5.41, 5.74) is 14.5. The Hall–Kier alpha value is -6.44. The molecule has 9 rings (SSSR count). The standard InChI is InChI=1S/C51H39N/c1-34-23-25-40(26-24-34)52(42-30-35(2)29-36(3)31-42)41-27-28-45-48(32-41)43-21-13-14-22-44(43)50-47(38-17-9-5-10-18-38)33-46(37-15-7-4-8-16-37)49(51(45)50)39-19-11-6-12-20-39/h4-33H,1-3H3. The Labute approximate surface area is 306 Å². The van der Waals surface area contributed by atoms with E-state index in [1.165, 1.54) is 82.4 Å². The topological polar surface area (TPSA) is 3.24 Å². The van der Waals surface area contributed by atoms with Crippen LogP contribution in [-0.2, 0) is 0 Å². The fourth-order valence-corrected chi connectivity index (χ4v) is 8.10. The monoisotopic (exact) mass is 665 g/mol. The molecule has 0 amide bonds. The molecule has 0 radical (unpaired) electrons. The number of anilines is 3. The van der Waals surface area contributed by atoms with E-state index in [1.54, 1.807) is 0 Å². The molecule has 9 aromatic rings. The van der Waals surface area contributed by atoms with E-state index >= 15 is 0 Å². The quantitative estimate of drug-likeness (QED) is 0.160. The van der Waals surface area contributed by atoms with Crippen LogP contribution in [0.4, 0.5) is 17.1 Å². The summed E-state index contributed by atoms with van der Waals surface area (Å²) in [7, 11) is 0. The fraction of sp³-hybridized carbons (Fsp3) is 0.0588. The van der Waals surface area contributed by atoms with Crippen LogP contribution in [0.25, 0.3) is 65.7 Å². The molecule has 0 saturated carbocycles. The van der Waals surface area contributed by atoms with Crippen LogP contribution in [-0.4, -0.2) is 0 Å². The lowest BCUT2D eigenvalue weighted by Gasteiger charge is -2.27. The third-order valence-electron chi connectivity index (χ3n) is 10.3. The molecular weight excluding hydrogens is 627 g/mol. The van der Waals surface area contributed by atoms with Gasteiger partial charge in [0.25, 0.3) is 0 Å². The Bertz CT molecular complexity index is 2710.